The van der Waals surface area contributed by atoms with Crippen LogP contribution in [0, 0.1) is 0 Å². The van der Waals surface area contributed by atoms with Gasteiger partial charge in [-0.3, -0.25) is 4.79 Å². The van der Waals surface area contributed by atoms with E-state index in [0.717, 1.165) is 19.3 Å². The van der Waals surface area contributed by atoms with Gasteiger partial charge < -0.3 is 9.72 Å². The van der Waals surface area contributed by atoms with Crippen LogP contribution >= 0.6 is 15.9 Å². The molecule has 76 valence electrons. The van der Waals surface area contributed by atoms with Crippen LogP contribution in [0.1, 0.15) is 25.1 Å². The lowest BCUT2D eigenvalue weighted by Gasteiger charge is -2.39. The van der Waals surface area contributed by atoms with E-state index in [9.17, 15) is 4.79 Å². The van der Waals surface area contributed by atoms with E-state index in [0.29, 0.717) is 10.3 Å². The number of hydrogen-bond donors (Lipinski definition) is 1. The van der Waals surface area contributed by atoms with Gasteiger partial charge in [-0.2, -0.15) is 0 Å². The van der Waals surface area contributed by atoms with Crippen molar-refractivity contribution in [1.82, 2.24) is 9.97 Å². The van der Waals surface area contributed by atoms with E-state index in [-0.39, 0.29) is 11.2 Å². The van der Waals surface area contributed by atoms with Crippen molar-refractivity contribution < 1.29 is 4.74 Å². The number of aromatic amines is 1. The van der Waals surface area contributed by atoms with Gasteiger partial charge in [-0.25, -0.2) is 4.98 Å². The Morgan fingerprint density at radius 3 is 2.79 bits per heavy atom. The van der Waals surface area contributed by atoms with Crippen molar-refractivity contribution in [3.8, 4) is 0 Å². The van der Waals surface area contributed by atoms with E-state index in [4.69, 9.17) is 4.74 Å². The third-order valence-electron chi connectivity index (χ3n) is 2.74. The standard InChI is InChI=1S/C9H11BrN2O2/c1-14-9(3-2-4-9)8-11-5-6(10)7(13)12-8/h5H,2-4H2,1H3,(H,11,12,13). The number of methoxy groups -OCH3 is 1. The van der Waals surface area contributed by atoms with Gasteiger partial charge in [-0.15, -0.1) is 0 Å². The first-order valence-electron chi connectivity index (χ1n) is 4.48. The van der Waals surface area contributed by atoms with Crippen LogP contribution in [-0.2, 0) is 10.3 Å². The van der Waals surface area contributed by atoms with Gasteiger partial charge in [0, 0.05) is 13.3 Å². The summed E-state index contributed by atoms with van der Waals surface area (Å²) in [4.78, 5) is 18.3. The summed E-state index contributed by atoms with van der Waals surface area (Å²) in [6, 6.07) is 0. The molecule has 0 saturated heterocycles. The summed E-state index contributed by atoms with van der Waals surface area (Å²) in [6.45, 7) is 0. The number of aromatic nitrogens is 2. The van der Waals surface area contributed by atoms with Crippen LogP contribution < -0.4 is 5.56 Å². The largest absolute Gasteiger partial charge is 0.370 e. The first-order valence-corrected chi connectivity index (χ1v) is 5.28. The summed E-state index contributed by atoms with van der Waals surface area (Å²) in [5.41, 5.74) is -0.502. The molecule has 0 bridgehead atoms. The Morgan fingerprint density at radius 2 is 2.36 bits per heavy atom. The van der Waals surface area contributed by atoms with Crippen LogP contribution in [0.5, 0.6) is 0 Å². The first-order chi connectivity index (χ1) is 6.68. The molecule has 1 aliphatic carbocycles. The summed E-state index contributed by atoms with van der Waals surface area (Å²) < 4.78 is 5.86. The third-order valence-corrected chi connectivity index (χ3v) is 3.30. The molecule has 14 heavy (non-hydrogen) atoms. The Bertz CT molecular complexity index is 393. The van der Waals surface area contributed by atoms with Crippen molar-refractivity contribution in [3.63, 3.8) is 0 Å². The second kappa shape index (κ2) is 3.47. The molecule has 1 saturated carbocycles. The number of nitrogens with one attached hydrogen (secondary N) is 1. The average Bonchev–Trinajstić information content (AvgIpc) is 2.10. The van der Waals surface area contributed by atoms with Crippen LogP contribution in [0.4, 0.5) is 0 Å². The Labute approximate surface area is 89.8 Å². The van der Waals surface area contributed by atoms with E-state index in [2.05, 4.69) is 25.9 Å². The lowest BCUT2D eigenvalue weighted by molar-refractivity contribution is -0.0848. The molecule has 1 heterocycles. The van der Waals surface area contributed by atoms with Gasteiger partial charge in [0.15, 0.2) is 0 Å². The SMILES string of the molecule is COC1(c2ncc(Br)c(=O)[nH]2)CCC1. The Kier molecular flexibility index (Phi) is 2.45. The van der Waals surface area contributed by atoms with Gasteiger partial charge >= 0.3 is 0 Å². The van der Waals surface area contributed by atoms with Gasteiger partial charge in [-0.05, 0) is 35.2 Å². The maximum Gasteiger partial charge on any atom is 0.265 e. The summed E-state index contributed by atoms with van der Waals surface area (Å²) in [7, 11) is 1.65. The number of ether oxygens (including phenoxy) is 1. The summed E-state index contributed by atoms with van der Waals surface area (Å²) in [5.74, 6) is 0.638. The maximum absolute atomic E-state index is 11.3. The van der Waals surface area contributed by atoms with Crippen LogP contribution in [0.15, 0.2) is 15.5 Å². The maximum atomic E-state index is 11.3. The summed E-state index contributed by atoms with van der Waals surface area (Å²) in [6.07, 6.45) is 4.49. The molecule has 0 amide bonds. The van der Waals surface area contributed by atoms with E-state index in [1.165, 1.54) is 6.20 Å². The highest BCUT2D eigenvalue weighted by atomic mass is 79.9. The highest BCUT2D eigenvalue weighted by Crippen LogP contribution is 2.42. The molecule has 1 aromatic heterocycles. The number of hydrogen-bond acceptors (Lipinski definition) is 3. The number of rotatable bonds is 2. The fraction of sp³-hybridized carbons (Fsp3) is 0.556. The fourth-order valence-electron chi connectivity index (χ4n) is 1.65. The van der Waals surface area contributed by atoms with Gasteiger partial charge in [0.25, 0.3) is 5.56 Å². The van der Waals surface area contributed by atoms with Crippen LogP contribution in [-0.4, -0.2) is 17.1 Å². The van der Waals surface area contributed by atoms with Crippen molar-refractivity contribution in [3.05, 3.63) is 26.8 Å². The predicted octanol–water partition coefficient (Wildman–Crippen LogP) is 1.56. The third kappa shape index (κ3) is 1.40. The van der Waals surface area contributed by atoms with Gasteiger partial charge in [0.1, 0.15) is 15.9 Å². The zero-order valence-electron chi connectivity index (χ0n) is 7.84. The minimum atomic E-state index is -0.347. The lowest BCUT2D eigenvalue weighted by atomic mass is 9.79. The molecule has 5 heteroatoms. The Balaban J connectivity index is 2.41. The normalized spacial score (nSPS) is 19.0. The molecule has 4 nitrogen and oxygen atoms in total. The molecular formula is C9H11BrN2O2. The molecule has 0 atom stereocenters. The summed E-state index contributed by atoms with van der Waals surface area (Å²) in [5, 5.41) is 0. The molecule has 0 unspecified atom stereocenters. The van der Waals surface area contributed by atoms with E-state index in [1.807, 2.05) is 0 Å². The van der Waals surface area contributed by atoms with Crippen molar-refractivity contribution in [1.29, 1.82) is 0 Å². The Hall–Kier alpha value is -0.680. The lowest BCUT2D eigenvalue weighted by Crippen LogP contribution is -2.39. The molecule has 1 aromatic rings. The number of nitrogens with zero attached hydrogens (tertiary/aromatic N) is 1. The molecule has 1 N–H and O–H groups in total. The smallest absolute Gasteiger partial charge is 0.265 e. The minimum Gasteiger partial charge on any atom is -0.370 e. The molecule has 0 radical (unpaired) electrons. The van der Waals surface area contributed by atoms with Crippen LogP contribution in [0.3, 0.4) is 0 Å². The van der Waals surface area contributed by atoms with Crippen molar-refractivity contribution >= 4 is 15.9 Å². The monoisotopic (exact) mass is 258 g/mol. The van der Waals surface area contributed by atoms with Crippen molar-refractivity contribution in [2.24, 2.45) is 0 Å². The van der Waals surface area contributed by atoms with Crippen LogP contribution in [0.2, 0.25) is 0 Å². The predicted molar refractivity (Wildman–Crippen MR) is 55.1 cm³/mol. The molecule has 1 aliphatic rings. The molecular weight excluding hydrogens is 248 g/mol. The van der Waals surface area contributed by atoms with E-state index < -0.39 is 0 Å². The van der Waals surface area contributed by atoms with Gasteiger partial charge in [0.2, 0.25) is 0 Å². The highest BCUT2D eigenvalue weighted by Gasteiger charge is 2.41. The van der Waals surface area contributed by atoms with E-state index >= 15 is 0 Å². The summed E-state index contributed by atoms with van der Waals surface area (Å²) >= 11 is 3.11. The molecule has 2 rings (SSSR count). The average molecular weight is 259 g/mol. The highest BCUT2D eigenvalue weighted by molar-refractivity contribution is 9.10. The second-order valence-corrected chi connectivity index (χ2v) is 4.32. The number of H-pyrrole nitrogens is 1. The Morgan fingerprint density at radius 1 is 1.64 bits per heavy atom. The van der Waals surface area contributed by atoms with E-state index in [1.54, 1.807) is 7.11 Å². The molecule has 1 fully saturated rings. The van der Waals surface area contributed by atoms with Crippen molar-refractivity contribution in [2.45, 2.75) is 24.9 Å². The molecule has 0 spiro atoms. The van der Waals surface area contributed by atoms with Gasteiger partial charge in [0.05, 0.1) is 0 Å². The quantitative estimate of drug-likeness (QED) is 0.876. The zero-order chi connectivity index (χ0) is 10.2. The molecule has 0 aliphatic heterocycles. The fourth-order valence-corrected chi connectivity index (χ4v) is 1.85. The topological polar surface area (TPSA) is 55.0 Å². The van der Waals surface area contributed by atoms with Crippen molar-refractivity contribution in [2.75, 3.05) is 7.11 Å². The molecule has 0 aromatic carbocycles. The van der Waals surface area contributed by atoms with Crippen LogP contribution in [0.25, 0.3) is 0 Å². The zero-order valence-corrected chi connectivity index (χ0v) is 9.43. The van der Waals surface area contributed by atoms with Gasteiger partial charge in [-0.1, -0.05) is 0 Å². The minimum absolute atomic E-state index is 0.154. The second-order valence-electron chi connectivity index (χ2n) is 3.46. The first kappa shape index (κ1) is 9.86. The number of halogens is 1.